The third-order valence-corrected chi connectivity index (χ3v) is 2.38. The highest BCUT2D eigenvalue weighted by molar-refractivity contribution is 7.71. The number of imidazole rings is 1. The molecule has 13 heavy (non-hydrogen) atoms. The van der Waals surface area contributed by atoms with E-state index in [9.17, 15) is 0 Å². The van der Waals surface area contributed by atoms with Crippen LogP contribution in [0, 0.1) is 10.7 Å². The van der Waals surface area contributed by atoms with Gasteiger partial charge >= 0.3 is 0 Å². The molecule has 0 radical (unpaired) electrons. The van der Waals surface area contributed by atoms with Crippen molar-refractivity contribution in [2.45, 2.75) is 33.4 Å². The molecular formula is C9H16N2OS. The average Bonchev–Trinajstić information content (AvgIpc) is 2.43. The molecule has 1 aromatic heterocycles. The number of aliphatic hydroxyl groups excluding tert-OH is 1. The van der Waals surface area contributed by atoms with Gasteiger partial charge in [-0.1, -0.05) is 13.8 Å². The summed E-state index contributed by atoms with van der Waals surface area (Å²) in [6, 6.07) is 0. The summed E-state index contributed by atoms with van der Waals surface area (Å²) in [6.45, 7) is 5.28. The molecule has 74 valence electrons. The number of nitrogens with zero attached hydrogens (tertiary/aromatic N) is 1. The van der Waals surface area contributed by atoms with E-state index >= 15 is 0 Å². The monoisotopic (exact) mass is 200 g/mol. The maximum atomic E-state index is 9.01. The van der Waals surface area contributed by atoms with E-state index in [4.69, 9.17) is 17.3 Å². The molecule has 4 heteroatoms. The first-order chi connectivity index (χ1) is 6.15. The Labute approximate surface area is 83.4 Å². The van der Waals surface area contributed by atoms with Crippen LogP contribution in [0.15, 0.2) is 6.20 Å². The maximum absolute atomic E-state index is 9.01. The van der Waals surface area contributed by atoms with Crippen LogP contribution in [-0.4, -0.2) is 14.7 Å². The predicted octanol–water partition coefficient (Wildman–Crippen LogP) is 2.08. The van der Waals surface area contributed by atoms with E-state index in [1.807, 2.05) is 4.57 Å². The summed E-state index contributed by atoms with van der Waals surface area (Å²) in [5, 5.41) is 9.01. The lowest BCUT2D eigenvalue weighted by atomic mass is 10.1. The highest BCUT2D eigenvalue weighted by Gasteiger charge is 2.03. The molecule has 0 aliphatic rings. The van der Waals surface area contributed by atoms with Gasteiger partial charge in [-0.25, -0.2) is 0 Å². The van der Waals surface area contributed by atoms with Crippen molar-refractivity contribution in [3.05, 3.63) is 16.7 Å². The highest BCUT2D eigenvalue weighted by atomic mass is 32.1. The van der Waals surface area contributed by atoms with Gasteiger partial charge in [-0.2, -0.15) is 0 Å². The van der Waals surface area contributed by atoms with Gasteiger partial charge in [0.1, 0.15) is 0 Å². The van der Waals surface area contributed by atoms with Crippen LogP contribution < -0.4 is 0 Å². The van der Waals surface area contributed by atoms with Crippen molar-refractivity contribution in [1.29, 1.82) is 0 Å². The first kappa shape index (κ1) is 10.5. The lowest BCUT2D eigenvalue weighted by Gasteiger charge is -2.08. The number of hydrogen-bond donors (Lipinski definition) is 2. The van der Waals surface area contributed by atoms with Gasteiger partial charge in [0.2, 0.25) is 0 Å². The number of hydrogen-bond acceptors (Lipinski definition) is 2. The Bertz CT molecular complexity index is 314. The molecule has 0 unspecified atom stereocenters. The van der Waals surface area contributed by atoms with Crippen molar-refractivity contribution in [1.82, 2.24) is 9.55 Å². The van der Waals surface area contributed by atoms with Crippen molar-refractivity contribution in [3.63, 3.8) is 0 Å². The van der Waals surface area contributed by atoms with Crippen LogP contribution in [0.3, 0.4) is 0 Å². The Morgan fingerprint density at radius 1 is 1.62 bits per heavy atom. The fourth-order valence-electron chi connectivity index (χ4n) is 1.19. The van der Waals surface area contributed by atoms with Gasteiger partial charge in [0, 0.05) is 12.7 Å². The van der Waals surface area contributed by atoms with Crippen molar-refractivity contribution in [2.75, 3.05) is 0 Å². The largest absolute Gasteiger partial charge is 0.390 e. The number of H-pyrrole nitrogens is 1. The molecule has 0 atom stereocenters. The Morgan fingerprint density at radius 2 is 2.31 bits per heavy atom. The van der Waals surface area contributed by atoms with Crippen LogP contribution in [0.2, 0.25) is 0 Å². The summed E-state index contributed by atoms with van der Waals surface area (Å²) in [6.07, 6.45) is 2.85. The Kier molecular flexibility index (Phi) is 3.69. The zero-order valence-corrected chi connectivity index (χ0v) is 8.90. The standard InChI is InChI=1S/C9H16N2OS/c1-7(2)3-4-11-8(6-12)5-10-9(11)13/h5,7,12H,3-4,6H2,1-2H3,(H,10,13). The maximum Gasteiger partial charge on any atom is 0.177 e. The molecule has 0 bridgehead atoms. The first-order valence-electron chi connectivity index (χ1n) is 4.53. The van der Waals surface area contributed by atoms with Gasteiger partial charge in [0.25, 0.3) is 0 Å². The fraction of sp³-hybridized carbons (Fsp3) is 0.667. The molecule has 0 spiro atoms. The van der Waals surface area contributed by atoms with E-state index in [0.717, 1.165) is 18.7 Å². The molecule has 0 aliphatic heterocycles. The zero-order valence-electron chi connectivity index (χ0n) is 8.08. The minimum atomic E-state index is 0.0469. The van der Waals surface area contributed by atoms with Crippen molar-refractivity contribution < 1.29 is 5.11 Å². The summed E-state index contributed by atoms with van der Waals surface area (Å²) in [4.78, 5) is 2.93. The lowest BCUT2D eigenvalue weighted by molar-refractivity contribution is 0.269. The van der Waals surface area contributed by atoms with E-state index in [2.05, 4.69) is 18.8 Å². The second kappa shape index (κ2) is 4.58. The summed E-state index contributed by atoms with van der Waals surface area (Å²) >= 11 is 5.09. The van der Waals surface area contributed by atoms with Crippen LogP contribution in [0.25, 0.3) is 0 Å². The van der Waals surface area contributed by atoms with Crippen LogP contribution >= 0.6 is 12.2 Å². The number of aliphatic hydroxyl groups is 1. The zero-order chi connectivity index (χ0) is 9.84. The average molecular weight is 200 g/mol. The molecule has 2 N–H and O–H groups in total. The number of nitrogens with one attached hydrogen (secondary N) is 1. The Hall–Kier alpha value is -0.610. The first-order valence-corrected chi connectivity index (χ1v) is 4.94. The van der Waals surface area contributed by atoms with Crippen LogP contribution in [-0.2, 0) is 13.2 Å². The second-order valence-electron chi connectivity index (χ2n) is 3.58. The second-order valence-corrected chi connectivity index (χ2v) is 3.96. The fourth-order valence-corrected chi connectivity index (χ4v) is 1.46. The topological polar surface area (TPSA) is 41.0 Å². The normalized spacial score (nSPS) is 11.1. The molecule has 0 aliphatic carbocycles. The van der Waals surface area contributed by atoms with E-state index in [1.165, 1.54) is 0 Å². The minimum Gasteiger partial charge on any atom is -0.390 e. The quantitative estimate of drug-likeness (QED) is 0.731. The van der Waals surface area contributed by atoms with Crippen LogP contribution in [0.4, 0.5) is 0 Å². The van der Waals surface area contributed by atoms with Gasteiger partial charge in [0.15, 0.2) is 4.77 Å². The van der Waals surface area contributed by atoms with E-state index in [-0.39, 0.29) is 6.61 Å². The highest BCUT2D eigenvalue weighted by Crippen LogP contribution is 2.07. The summed E-state index contributed by atoms with van der Waals surface area (Å²) in [7, 11) is 0. The predicted molar refractivity (Wildman–Crippen MR) is 55.0 cm³/mol. The Morgan fingerprint density at radius 3 is 2.85 bits per heavy atom. The molecule has 0 saturated carbocycles. The summed E-state index contributed by atoms with van der Waals surface area (Å²) < 4.78 is 2.65. The summed E-state index contributed by atoms with van der Waals surface area (Å²) in [5.74, 6) is 0.656. The molecule has 0 fully saturated rings. The SMILES string of the molecule is CC(C)CCn1c(CO)c[nH]c1=S. The van der Waals surface area contributed by atoms with Crippen LogP contribution in [0.1, 0.15) is 26.0 Å². The molecular weight excluding hydrogens is 184 g/mol. The third kappa shape index (κ3) is 2.67. The van der Waals surface area contributed by atoms with Crippen molar-refractivity contribution >= 4 is 12.2 Å². The van der Waals surface area contributed by atoms with Gasteiger partial charge in [-0.05, 0) is 24.6 Å². The van der Waals surface area contributed by atoms with E-state index in [1.54, 1.807) is 6.20 Å². The Balaban J connectivity index is 2.74. The van der Waals surface area contributed by atoms with Gasteiger partial charge in [-0.15, -0.1) is 0 Å². The van der Waals surface area contributed by atoms with E-state index < -0.39 is 0 Å². The van der Waals surface area contributed by atoms with Gasteiger partial charge in [0.05, 0.1) is 12.3 Å². The van der Waals surface area contributed by atoms with Crippen molar-refractivity contribution in [3.8, 4) is 0 Å². The molecule has 1 rings (SSSR count). The van der Waals surface area contributed by atoms with Gasteiger partial charge < -0.3 is 14.7 Å². The van der Waals surface area contributed by atoms with Gasteiger partial charge in [-0.3, -0.25) is 0 Å². The molecule has 0 amide bonds. The van der Waals surface area contributed by atoms with Crippen LogP contribution in [0.5, 0.6) is 0 Å². The molecule has 3 nitrogen and oxygen atoms in total. The smallest absolute Gasteiger partial charge is 0.177 e. The number of rotatable bonds is 4. The molecule has 0 aromatic carbocycles. The van der Waals surface area contributed by atoms with Crippen molar-refractivity contribution in [2.24, 2.45) is 5.92 Å². The minimum absolute atomic E-state index is 0.0469. The summed E-state index contributed by atoms with van der Waals surface area (Å²) in [5.41, 5.74) is 0.866. The third-order valence-electron chi connectivity index (χ3n) is 2.05. The molecule has 1 heterocycles. The molecule has 1 aromatic rings. The molecule has 0 saturated heterocycles. The number of aromatic amines is 1. The van der Waals surface area contributed by atoms with E-state index in [0.29, 0.717) is 10.7 Å². The number of aromatic nitrogens is 2. The lowest BCUT2D eigenvalue weighted by Crippen LogP contribution is -2.05.